The number of halogens is 1. The predicted molar refractivity (Wildman–Crippen MR) is 114 cm³/mol. The molecule has 31 heavy (non-hydrogen) atoms. The quantitative estimate of drug-likeness (QED) is 0.117. The number of aromatic nitrogens is 1. The highest BCUT2D eigenvalue weighted by molar-refractivity contribution is 7.80. The zero-order valence-corrected chi connectivity index (χ0v) is 17.9. The van der Waals surface area contributed by atoms with Crippen molar-refractivity contribution >= 4 is 38.3 Å². The number of nitrogens with zero attached hydrogens (tertiary/aromatic N) is 1. The summed E-state index contributed by atoms with van der Waals surface area (Å²) in [5, 5.41) is 1.84. The third-order valence-corrected chi connectivity index (χ3v) is 4.76. The molecule has 0 bridgehead atoms. The van der Waals surface area contributed by atoms with Crippen LogP contribution in [-0.4, -0.2) is 18.9 Å². The van der Waals surface area contributed by atoms with Crippen molar-refractivity contribution in [3.8, 4) is 5.75 Å². The zero-order chi connectivity index (χ0) is 22.8. The van der Waals surface area contributed by atoms with E-state index in [1.807, 2.05) is 56.4 Å². The molecule has 1 aromatic heterocycles. The lowest BCUT2D eigenvalue weighted by Gasteiger charge is -2.12. The third-order valence-electron chi connectivity index (χ3n) is 4.76. The number of benzene rings is 3. The van der Waals surface area contributed by atoms with Gasteiger partial charge >= 0.3 is 5.97 Å². The number of rotatable bonds is 2. The van der Waals surface area contributed by atoms with E-state index in [1.165, 1.54) is 5.56 Å². The van der Waals surface area contributed by atoms with Crippen LogP contribution >= 0.6 is 0 Å². The Morgan fingerprint density at radius 2 is 1.55 bits per heavy atom. The molecule has 0 aliphatic carbocycles. The van der Waals surface area contributed by atoms with Gasteiger partial charge in [-0.2, -0.15) is 4.57 Å². The number of esters is 1. The van der Waals surface area contributed by atoms with Crippen molar-refractivity contribution in [3.05, 3.63) is 83.4 Å². The molecule has 0 spiro atoms. The van der Waals surface area contributed by atoms with Crippen molar-refractivity contribution in [2.75, 3.05) is 0 Å². The van der Waals surface area contributed by atoms with E-state index in [-0.39, 0.29) is 5.97 Å². The number of carbonyl (C=O) groups excluding carboxylic acids is 1. The van der Waals surface area contributed by atoms with Gasteiger partial charge < -0.3 is 9.29 Å². The summed E-state index contributed by atoms with van der Waals surface area (Å²) in [4.78, 5) is 13.2. The first-order valence-corrected chi connectivity index (χ1v) is 10.6. The van der Waals surface area contributed by atoms with Gasteiger partial charge in [0.2, 0.25) is 11.0 Å². The standard InChI is InChI=1S/C23H20NO2.FHO3S/c1-15-13-16(2)21-20(14-15)24(3)19-12-8-7-11-18(19)22(21)23(25)26-17-9-5-4-6-10-17;1-5(2,3)4/h4-14H,1-3H3;(H,2,3,4)/q+1;/p-1. The maximum atomic E-state index is 13.2. The van der Waals surface area contributed by atoms with Crippen LogP contribution in [0, 0.1) is 13.8 Å². The molecule has 0 saturated heterocycles. The van der Waals surface area contributed by atoms with E-state index in [1.54, 1.807) is 12.1 Å². The summed E-state index contributed by atoms with van der Waals surface area (Å²) in [7, 11) is -3.38. The highest BCUT2D eigenvalue weighted by Crippen LogP contribution is 2.29. The van der Waals surface area contributed by atoms with E-state index in [9.17, 15) is 8.68 Å². The number of carbonyl (C=O) groups is 1. The van der Waals surface area contributed by atoms with Crippen LogP contribution in [0.2, 0.25) is 0 Å². The molecule has 160 valence electrons. The molecule has 4 aromatic rings. The van der Waals surface area contributed by atoms with E-state index < -0.39 is 10.5 Å². The molecule has 3 aromatic carbocycles. The minimum atomic E-state index is -5.42. The van der Waals surface area contributed by atoms with E-state index in [0.717, 1.165) is 27.4 Å². The van der Waals surface area contributed by atoms with Gasteiger partial charge in [-0.1, -0.05) is 36.4 Å². The third kappa shape index (κ3) is 5.22. The lowest BCUT2D eigenvalue weighted by atomic mass is 9.97. The van der Waals surface area contributed by atoms with Crippen LogP contribution in [0.25, 0.3) is 21.8 Å². The summed E-state index contributed by atoms with van der Waals surface area (Å²) in [6.45, 7) is 4.12. The fraction of sp³-hybridized carbons (Fsp3) is 0.130. The fourth-order valence-corrected chi connectivity index (χ4v) is 3.64. The second-order valence-electron chi connectivity index (χ2n) is 7.02. The number of ether oxygens (including phenoxy) is 1. The predicted octanol–water partition coefficient (Wildman–Crippen LogP) is 4.07. The minimum Gasteiger partial charge on any atom is -0.722 e. The van der Waals surface area contributed by atoms with Crippen LogP contribution in [0.5, 0.6) is 5.75 Å². The molecule has 0 N–H and O–H groups in total. The van der Waals surface area contributed by atoms with Crippen molar-refractivity contribution < 1.29 is 31.0 Å². The molecule has 6 nitrogen and oxygen atoms in total. The van der Waals surface area contributed by atoms with Crippen molar-refractivity contribution in [1.82, 2.24) is 0 Å². The molecule has 0 radical (unpaired) electrons. The van der Waals surface area contributed by atoms with Gasteiger partial charge in [0.1, 0.15) is 12.8 Å². The van der Waals surface area contributed by atoms with Gasteiger partial charge in [-0.25, -0.2) is 13.2 Å². The second-order valence-corrected chi connectivity index (χ2v) is 7.81. The Bertz CT molecular complexity index is 1380. The molecule has 0 aliphatic heterocycles. The summed E-state index contributed by atoms with van der Waals surface area (Å²) in [6, 6.07) is 21.4. The Morgan fingerprint density at radius 1 is 0.968 bits per heavy atom. The maximum Gasteiger partial charge on any atom is 0.345 e. The Kier molecular flexibility index (Phi) is 6.33. The number of hydrogen-bond acceptors (Lipinski definition) is 5. The van der Waals surface area contributed by atoms with Gasteiger partial charge in [-0.3, -0.25) is 0 Å². The van der Waals surface area contributed by atoms with Gasteiger partial charge in [0.25, 0.3) is 10.5 Å². The Hall–Kier alpha value is -3.36. The van der Waals surface area contributed by atoms with Crippen molar-refractivity contribution in [2.24, 2.45) is 7.05 Å². The SMILES string of the molecule is Cc1cc(C)c2c(C(=O)Oc3ccccc3)c3ccccc3[n+](C)c2c1.O=S(=O)([O-])F. The average Bonchev–Trinajstić information content (AvgIpc) is 2.68. The van der Waals surface area contributed by atoms with Gasteiger partial charge in [0, 0.05) is 12.1 Å². The van der Waals surface area contributed by atoms with Gasteiger partial charge in [-0.05, 0) is 43.2 Å². The number of aryl methyl sites for hydroxylation is 3. The molecule has 4 rings (SSSR count). The van der Waals surface area contributed by atoms with Gasteiger partial charge in [0.05, 0.1) is 16.3 Å². The van der Waals surface area contributed by atoms with Crippen LogP contribution < -0.4 is 9.30 Å². The number of fused-ring (bicyclic) bond motifs is 2. The highest BCUT2D eigenvalue weighted by Gasteiger charge is 2.25. The summed E-state index contributed by atoms with van der Waals surface area (Å²) < 4.78 is 43.2. The molecule has 8 heteroatoms. The number of para-hydroxylation sites is 2. The van der Waals surface area contributed by atoms with Gasteiger partial charge in [0.15, 0.2) is 0 Å². The topological polar surface area (TPSA) is 87.4 Å². The Balaban J connectivity index is 0.000000491. The monoisotopic (exact) mass is 441 g/mol. The summed E-state index contributed by atoms with van der Waals surface area (Å²) in [5.41, 5.74) is 4.89. The van der Waals surface area contributed by atoms with Crippen LogP contribution in [0.15, 0.2) is 66.7 Å². The molecule has 0 saturated carbocycles. The van der Waals surface area contributed by atoms with Crippen LogP contribution in [0.3, 0.4) is 0 Å². The normalized spacial score (nSPS) is 11.1. The van der Waals surface area contributed by atoms with Crippen molar-refractivity contribution in [3.63, 3.8) is 0 Å². The highest BCUT2D eigenvalue weighted by atomic mass is 32.3. The smallest absolute Gasteiger partial charge is 0.345 e. The zero-order valence-electron chi connectivity index (χ0n) is 17.1. The number of hydrogen-bond donors (Lipinski definition) is 0. The first-order valence-electron chi connectivity index (χ1n) is 9.30. The molecule has 0 aliphatic rings. The van der Waals surface area contributed by atoms with E-state index in [2.05, 4.69) is 23.6 Å². The van der Waals surface area contributed by atoms with Crippen molar-refractivity contribution in [2.45, 2.75) is 13.8 Å². The van der Waals surface area contributed by atoms with Crippen LogP contribution in [-0.2, 0) is 17.6 Å². The first kappa shape index (κ1) is 22.3. The van der Waals surface area contributed by atoms with E-state index >= 15 is 0 Å². The van der Waals surface area contributed by atoms with E-state index in [0.29, 0.717) is 11.3 Å². The lowest BCUT2D eigenvalue weighted by molar-refractivity contribution is -0.617. The van der Waals surface area contributed by atoms with E-state index in [4.69, 9.17) is 17.7 Å². The molecule has 0 amide bonds. The maximum absolute atomic E-state index is 13.2. The lowest BCUT2D eigenvalue weighted by Crippen LogP contribution is -2.32. The fourth-order valence-electron chi connectivity index (χ4n) is 3.64. The molecule has 0 atom stereocenters. The molecule has 0 fully saturated rings. The minimum absolute atomic E-state index is 0.329. The second kappa shape index (κ2) is 8.79. The summed E-state index contributed by atoms with van der Waals surface area (Å²) in [6.07, 6.45) is 0. The van der Waals surface area contributed by atoms with Gasteiger partial charge in [-0.15, -0.1) is 3.89 Å². The molecule has 1 heterocycles. The molecular weight excluding hydrogens is 421 g/mol. The largest absolute Gasteiger partial charge is 0.722 e. The molecule has 0 unspecified atom stereocenters. The molecular formula is C23H20FNO5S. The Labute approximate surface area is 179 Å². The summed E-state index contributed by atoms with van der Waals surface area (Å²) in [5.74, 6) is 0.220. The summed E-state index contributed by atoms with van der Waals surface area (Å²) >= 11 is 0. The Morgan fingerprint density at radius 3 is 2.19 bits per heavy atom. The first-order chi connectivity index (χ1) is 14.6. The van der Waals surface area contributed by atoms with Crippen LogP contribution in [0.4, 0.5) is 3.89 Å². The number of pyridine rings is 1. The average molecular weight is 441 g/mol. The van der Waals surface area contributed by atoms with Crippen molar-refractivity contribution in [1.29, 1.82) is 0 Å². The van der Waals surface area contributed by atoms with Crippen LogP contribution in [0.1, 0.15) is 21.5 Å².